The molecule has 0 saturated heterocycles. The number of benzene rings is 3. The summed E-state index contributed by atoms with van der Waals surface area (Å²) in [5.41, 5.74) is 1.82. The van der Waals surface area contributed by atoms with Crippen molar-refractivity contribution in [3.05, 3.63) is 66.2 Å². The van der Waals surface area contributed by atoms with Crippen LogP contribution in [0.2, 0.25) is 0 Å². The molecule has 3 aromatic carbocycles. The second-order valence-electron chi connectivity index (χ2n) is 10.6. The third-order valence-corrected chi connectivity index (χ3v) is 7.35. The van der Waals surface area contributed by atoms with Crippen LogP contribution in [0.1, 0.15) is 38.8 Å². The predicted octanol–water partition coefficient (Wildman–Crippen LogP) is 4.30. The van der Waals surface area contributed by atoms with Crippen molar-refractivity contribution in [1.82, 2.24) is 20.3 Å². The van der Waals surface area contributed by atoms with E-state index in [1.807, 2.05) is 45.0 Å². The van der Waals surface area contributed by atoms with Gasteiger partial charge in [0.15, 0.2) is 23.0 Å². The molecule has 11 nitrogen and oxygen atoms in total. The van der Waals surface area contributed by atoms with Gasteiger partial charge in [-0.1, -0.05) is 30.3 Å². The Morgan fingerprint density at radius 1 is 1.00 bits per heavy atom. The van der Waals surface area contributed by atoms with Crippen molar-refractivity contribution < 1.29 is 28.5 Å². The van der Waals surface area contributed by atoms with E-state index in [4.69, 9.17) is 18.9 Å². The molecule has 220 valence electrons. The van der Waals surface area contributed by atoms with E-state index < -0.39 is 11.6 Å². The first kappa shape index (κ1) is 28.7. The molecule has 42 heavy (non-hydrogen) atoms. The average Bonchev–Trinajstić information content (AvgIpc) is 3.41. The maximum atomic E-state index is 14.4. The van der Waals surface area contributed by atoms with E-state index in [9.17, 15) is 9.59 Å². The number of hydrogen-bond acceptors (Lipinski definition) is 8. The summed E-state index contributed by atoms with van der Waals surface area (Å²) in [5.74, 6) is 1.24. The number of ether oxygens (including phenoxy) is 4. The minimum Gasteiger partial charge on any atom is -0.493 e. The number of hydrogen-bond donors (Lipinski definition) is 1. The van der Waals surface area contributed by atoms with Crippen LogP contribution in [0.4, 0.5) is 5.69 Å². The molecule has 1 N–H and O–H groups in total. The molecule has 4 aromatic rings. The fourth-order valence-electron chi connectivity index (χ4n) is 4.79. The third-order valence-electron chi connectivity index (χ3n) is 7.35. The number of para-hydroxylation sites is 1. The molecule has 0 fully saturated rings. The van der Waals surface area contributed by atoms with Crippen LogP contribution in [-0.2, 0) is 16.1 Å². The van der Waals surface area contributed by atoms with Crippen molar-refractivity contribution in [1.29, 1.82) is 0 Å². The number of amides is 2. The van der Waals surface area contributed by atoms with E-state index in [1.165, 1.54) is 16.7 Å². The molecule has 0 saturated carbocycles. The van der Waals surface area contributed by atoms with Crippen LogP contribution < -0.4 is 29.2 Å². The molecule has 1 aliphatic rings. The van der Waals surface area contributed by atoms with E-state index in [1.54, 1.807) is 43.5 Å². The number of carbonyl (C=O) groups is 2. The zero-order chi connectivity index (χ0) is 29.9. The van der Waals surface area contributed by atoms with Gasteiger partial charge >= 0.3 is 0 Å². The number of methoxy groups -OCH3 is 2. The zero-order valence-corrected chi connectivity index (χ0v) is 24.4. The number of aromatic nitrogens is 3. The van der Waals surface area contributed by atoms with Gasteiger partial charge in [-0.2, -0.15) is 0 Å². The second-order valence-corrected chi connectivity index (χ2v) is 10.6. The summed E-state index contributed by atoms with van der Waals surface area (Å²) in [7, 11) is 3.06. The van der Waals surface area contributed by atoms with Gasteiger partial charge in [-0.15, -0.1) is 5.10 Å². The normalized spacial score (nSPS) is 13.4. The summed E-state index contributed by atoms with van der Waals surface area (Å²) in [5, 5.41) is 11.5. The van der Waals surface area contributed by atoms with Crippen LogP contribution in [0.25, 0.3) is 11.0 Å². The summed E-state index contributed by atoms with van der Waals surface area (Å²) in [6.07, 6.45) is 0.681. The first-order valence-electron chi connectivity index (χ1n) is 13.8. The highest BCUT2D eigenvalue weighted by Gasteiger charge is 2.36. The van der Waals surface area contributed by atoms with E-state index >= 15 is 0 Å². The Morgan fingerprint density at radius 3 is 2.48 bits per heavy atom. The van der Waals surface area contributed by atoms with Gasteiger partial charge in [-0.3, -0.25) is 14.5 Å². The van der Waals surface area contributed by atoms with Gasteiger partial charge in [0.25, 0.3) is 0 Å². The summed E-state index contributed by atoms with van der Waals surface area (Å²) in [6, 6.07) is 16.7. The van der Waals surface area contributed by atoms with Crippen molar-refractivity contribution in [3.63, 3.8) is 0 Å². The standard InChI is InChI=1S/C31H35N5O6/c1-6-31(2,3)32-30(38)29(20-11-13-24(39-4)26(17-20)40-5)36(21-12-14-25-27(18-21)42-16-15-41-25)28(37)19-35-23-10-8-7-9-22(23)33-34-35/h7-14,17-18,29H,6,15-16,19H2,1-5H3,(H,32,38)/t29-/m1/s1. The van der Waals surface area contributed by atoms with Crippen LogP contribution in [0, 0.1) is 0 Å². The molecule has 11 heteroatoms. The molecule has 0 radical (unpaired) electrons. The van der Waals surface area contributed by atoms with Crippen molar-refractivity contribution >= 4 is 28.5 Å². The summed E-state index contributed by atoms with van der Waals surface area (Å²) < 4.78 is 24.1. The number of rotatable bonds is 10. The fourth-order valence-corrected chi connectivity index (χ4v) is 4.79. The second kappa shape index (κ2) is 12.0. The smallest absolute Gasteiger partial charge is 0.249 e. The third kappa shape index (κ3) is 5.81. The van der Waals surface area contributed by atoms with E-state index in [0.717, 1.165) is 0 Å². The fraction of sp³-hybridized carbons (Fsp3) is 0.355. The number of carbonyl (C=O) groups excluding carboxylic acids is 2. The lowest BCUT2D eigenvalue weighted by Gasteiger charge is -2.35. The molecule has 0 aliphatic carbocycles. The Bertz CT molecular complexity index is 1600. The summed E-state index contributed by atoms with van der Waals surface area (Å²) in [6.45, 7) is 6.51. The molecule has 1 aromatic heterocycles. The number of anilines is 1. The largest absolute Gasteiger partial charge is 0.493 e. The van der Waals surface area contributed by atoms with E-state index in [0.29, 0.717) is 64.9 Å². The Labute approximate surface area is 244 Å². The molecule has 0 spiro atoms. The molecule has 0 bridgehead atoms. The highest BCUT2D eigenvalue weighted by molar-refractivity contribution is 6.02. The number of fused-ring (bicyclic) bond motifs is 2. The monoisotopic (exact) mass is 573 g/mol. The Balaban J connectivity index is 1.66. The van der Waals surface area contributed by atoms with Gasteiger partial charge < -0.3 is 24.3 Å². The summed E-state index contributed by atoms with van der Waals surface area (Å²) >= 11 is 0. The maximum Gasteiger partial charge on any atom is 0.249 e. The molecule has 1 atom stereocenters. The molecule has 2 amide bonds. The molecule has 0 unspecified atom stereocenters. The average molecular weight is 574 g/mol. The van der Waals surface area contributed by atoms with Crippen LogP contribution in [0.5, 0.6) is 23.0 Å². The highest BCUT2D eigenvalue weighted by atomic mass is 16.6. The van der Waals surface area contributed by atoms with Gasteiger partial charge in [0.05, 0.1) is 19.7 Å². The quantitative estimate of drug-likeness (QED) is 0.299. The van der Waals surface area contributed by atoms with Crippen molar-refractivity contribution in [2.24, 2.45) is 0 Å². The van der Waals surface area contributed by atoms with Crippen molar-refractivity contribution in [2.75, 3.05) is 32.3 Å². The van der Waals surface area contributed by atoms with Gasteiger partial charge in [0.2, 0.25) is 11.8 Å². The lowest BCUT2D eigenvalue weighted by atomic mass is 9.97. The predicted molar refractivity (Wildman–Crippen MR) is 157 cm³/mol. The lowest BCUT2D eigenvalue weighted by Crippen LogP contribution is -2.51. The van der Waals surface area contributed by atoms with Crippen LogP contribution in [-0.4, -0.2) is 59.8 Å². The van der Waals surface area contributed by atoms with E-state index in [2.05, 4.69) is 15.6 Å². The first-order chi connectivity index (χ1) is 20.2. The van der Waals surface area contributed by atoms with Gasteiger partial charge in [-0.25, -0.2) is 4.68 Å². The molecule has 2 heterocycles. The van der Waals surface area contributed by atoms with Gasteiger partial charge in [-0.05, 0) is 62.2 Å². The van der Waals surface area contributed by atoms with Gasteiger partial charge in [0.1, 0.15) is 31.3 Å². The Morgan fingerprint density at radius 2 is 1.74 bits per heavy atom. The Kier molecular flexibility index (Phi) is 8.19. The van der Waals surface area contributed by atoms with E-state index in [-0.39, 0.29) is 18.4 Å². The summed E-state index contributed by atoms with van der Waals surface area (Å²) in [4.78, 5) is 30.1. The minimum atomic E-state index is -1.08. The van der Waals surface area contributed by atoms with Crippen LogP contribution >= 0.6 is 0 Å². The van der Waals surface area contributed by atoms with Crippen molar-refractivity contribution in [2.45, 2.75) is 45.3 Å². The molecular weight excluding hydrogens is 538 g/mol. The first-order valence-corrected chi connectivity index (χ1v) is 13.8. The van der Waals surface area contributed by atoms with Crippen LogP contribution in [0.15, 0.2) is 60.7 Å². The lowest BCUT2D eigenvalue weighted by molar-refractivity contribution is -0.128. The minimum absolute atomic E-state index is 0.163. The van der Waals surface area contributed by atoms with Gasteiger partial charge in [0, 0.05) is 17.3 Å². The van der Waals surface area contributed by atoms with Crippen LogP contribution in [0.3, 0.4) is 0 Å². The zero-order valence-electron chi connectivity index (χ0n) is 24.4. The maximum absolute atomic E-state index is 14.4. The molecule has 5 rings (SSSR count). The molecular formula is C31H35N5O6. The number of nitrogens with one attached hydrogen (secondary N) is 1. The molecule has 1 aliphatic heterocycles. The van der Waals surface area contributed by atoms with Crippen molar-refractivity contribution in [3.8, 4) is 23.0 Å². The SMILES string of the molecule is CCC(C)(C)NC(=O)[C@@H](c1ccc(OC)c(OC)c1)N(C(=O)Cn1nnc2ccccc21)c1ccc2c(c1)OCCO2. The topological polar surface area (TPSA) is 117 Å². The number of nitrogens with zero attached hydrogens (tertiary/aromatic N) is 4. The highest BCUT2D eigenvalue weighted by Crippen LogP contribution is 2.39. The Hall–Kier alpha value is -4.80.